The first-order chi connectivity index (χ1) is 9.54. The Hall–Kier alpha value is -1.66. The second kappa shape index (κ2) is 6.19. The Labute approximate surface area is 129 Å². The van der Waals surface area contributed by atoms with Crippen molar-refractivity contribution in [2.24, 2.45) is 5.73 Å². The predicted octanol–water partition coefficient (Wildman–Crippen LogP) is 4.02. The SMILES string of the molecule is COc1ccccc1Oc1ccc(C(N)=S)c(Br)c1F. The number of halogens is 2. The molecule has 2 aromatic carbocycles. The lowest BCUT2D eigenvalue weighted by Gasteiger charge is -2.12. The Kier molecular flexibility index (Phi) is 4.57. The van der Waals surface area contributed by atoms with Gasteiger partial charge in [-0.3, -0.25) is 0 Å². The molecule has 0 radical (unpaired) electrons. The number of para-hydroxylation sites is 2. The molecule has 2 rings (SSSR count). The zero-order valence-electron chi connectivity index (χ0n) is 10.5. The van der Waals surface area contributed by atoms with Crippen molar-refractivity contribution in [2.75, 3.05) is 7.11 Å². The summed E-state index contributed by atoms with van der Waals surface area (Å²) in [7, 11) is 1.52. The summed E-state index contributed by atoms with van der Waals surface area (Å²) in [6.07, 6.45) is 0. The van der Waals surface area contributed by atoms with Crippen LogP contribution in [0.3, 0.4) is 0 Å². The van der Waals surface area contributed by atoms with Crippen LogP contribution in [0.2, 0.25) is 0 Å². The molecule has 0 bridgehead atoms. The van der Waals surface area contributed by atoms with E-state index in [0.29, 0.717) is 17.1 Å². The smallest absolute Gasteiger partial charge is 0.180 e. The van der Waals surface area contributed by atoms with Crippen molar-refractivity contribution in [3.63, 3.8) is 0 Å². The van der Waals surface area contributed by atoms with E-state index in [1.807, 2.05) is 0 Å². The molecule has 0 aliphatic rings. The molecule has 2 N–H and O–H groups in total. The zero-order valence-corrected chi connectivity index (χ0v) is 12.9. The van der Waals surface area contributed by atoms with Crippen molar-refractivity contribution in [3.05, 3.63) is 52.3 Å². The monoisotopic (exact) mass is 355 g/mol. The van der Waals surface area contributed by atoms with Gasteiger partial charge in [0.2, 0.25) is 0 Å². The minimum atomic E-state index is -0.568. The summed E-state index contributed by atoms with van der Waals surface area (Å²) in [6.45, 7) is 0. The van der Waals surface area contributed by atoms with Gasteiger partial charge in [0.15, 0.2) is 23.1 Å². The fourth-order valence-corrected chi connectivity index (χ4v) is 2.46. The van der Waals surface area contributed by atoms with Crippen LogP contribution in [0.25, 0.3) is 0 Å². The van der Waals surface area contributed by atoms with Gasteiger partial charge in [0.1, 0.15) is 4.99 Å². The van der Waals surface area contributed by atoms with Crippen molar-refractivity contribution < 1.29 is 13.9 Å². The van der Waals surface area contributed by atoms with Gasteiger partial charge in [0.25, 0.3) is 0 Å². The second-order valence-electron chi connectivity index (χ2n) is 3.86. The maximum Gasteiger partial charge on any atom is 0.180 e. The summed E-state index contributed by atoms with van der Waals surface area (Å²) < 4.78 is 25.1. The zero-order chi connectivity index (χ0) is 14.7. The quantitative estimate of drug-likeness (QED) is 0.841. The minimum Gasteiger partial charge on any atom is -0.493 e. The fourth-order valence-electron chi connectivity index (χ4n) is 1.62. The summed E-state index contributed by atoms with van der Waals surface area (Å²) in [5.74, 6) is 0.424. The first-order valence-electron chi connectivity index (χ1n) is 5.63. The Morgan fingerprint density at radius 1 is 1.15 bits per heavy atom. The van der Waals surface area contributed by atoms with Crippen molar-refractivity contribution in [2.45, 2.75) is 0 Å². The molecule has 20 heavy (non-hydrogen) atoms. The lowest BCUT2D eigenvalue weighted by molar-refractivity contribution is 0.370. The molecule has 104 valence electrons. The molecule has 0 saturated carbocycles. The number of benzene rings is 2. The van der Waals surface area contributed by atoms with Gasteiger partial charge in [-0.25, -0.2) is 4.39 Å². The van der Waals surface area contributed by atoms with Gasteiger partial charge in [0.05, 0.1) is 11.6 Å². The average Bonchev–Trinajstić information content (AvgIpc) is 2.44. The normalized spacial score (nSPS) is 10.2. The van der Waals surface area contributed by atoms with E-state index in [0.717, 1.165) is 0 Å². The van der Waals surface area contributed by atoms with E-state index in [-0.39, 0.29) is 15.2 Å². The Morgan fingerprint density at radius 3 is 2.40 bits per heavy atom. The number of hydrogen-bond donors (Lipinski definition) is 1. The summed E-state index contributed by atoms with van der Waals surface area (Å²) in [6, 6.07) is 10.1. The van der Waals surface area contributed by atoms with Crippen LogP contribution in [0.5, 0.6) is 17.2 Å². The van der Waals surface area contributed by atoms with Gasteiger partial charge >= 0.3 is 0 Å². The van der Waals surface area contributed by atoms with Crippen molar-refractivity contribution in [1.82, 2.24) is 0 Å². The molecule has 0 unspecified atom stereocenters. The van der Waals surface area contributed by atoms with Crippen molar-refractivity contribution in [3.8, 4) is 17.2 Å². The first kappa shape index (κ1) is 14.7. The summed E-state index contributed by atoms with van der Waals surface area (Å²) in [5.41, 5.74) is 5.93. The largest absolute Gasteiger partial charge is 0.493 e. The highest BCUT2D eigenvalue weighted by Gasteiger charge is 2.15. The number of hydrogen-bond acceptors (Lipinski definition) is 3. The van der Waals surface area contributed by atoms with Crippen LogP contribution >= 0.6 is 28.1 Å². The number of rotatable bonds is 4. The number of ether oxygens (including phenoxy) is 2. The summed E-state index contributed by atoms with van der Waals surface area (Å²) in [5, 5.41) is 0. The average molecular weight is 356 g/mol. The summed E-state index contributed by atoms with van der Waals surface area (Å²) in [4.78, 5) is 0.111. The van der Waals surface area contributed by atoms with E-state index in [1.54, 1.807) is 30.3 Å². The van der Waals surface area contributed by atoms with Gasteiger partial charge in [-0.1, -0.05) is 24.4 Å². The van der Waals surface area contributed by atoms with Crippen molar-refractivity contribution >= 4 is 33.1 Å². The van der Waals surface area contributed by atoms with Gasteiger partial charge in [-0.05, 0) is 40.2 Å². The van der Waals surface area contributed by atoms with E-state index in [4.69, 9.17) is 27.4 Å². The van der Waals surface area contributed by atoms with E-state index in [2.05, 4.69) is 15.9 Å². The highest BCUT2D eigenvalue weighted by molar-refractivity contribution is 9.10. The molecule has 0 fully saturated rings. The van der Waals surface area contributed by atoms with Gasteiger partial charge in [0, 0.05) is 5.56 Å². The molecule has 3 nitrogen and oxygen atoms in total. The second-order valence-corrected chi connectivity index (χ2v) is 5.09. The Balaban J connectivity index is 2.40. The van der Waals surface area contributed by atoms with Crippen LogP contribution in [0, 0.1) is 5.82 Å². The molecule has 0 aromatic heterocycles. The Bertz CT molecular complexity index is 664. The Morgan fingerprint density at radius 2 is 1.80 bits per heavy atom. The van der Waals surface area contributed by atoms with Gasteiger partial charge in [-0.15, -0.1) is 0 Å². The number of thiocarbonyl (C=S) groups is 1. The maximum atomic E-state index is 14.2. The molecule has 0 spiro atoms. The lowest BCUT2D eigenvalue weighted by Crippen LogP contribution is -2.11. The van der Waals surface area contributed by atoms with Crippen LogP contribution in [0.15, 0.2) is 40.9 Å². The lowest BCUT2D eigenvalue weighted by atomic mass is 10.2. The number of methoxy groups -OCH3 is 1. The highest BCUT2D eigenvalue weighted by Crippen LogP contribution is 2.35. The van der Waals surface area contributed by atoms with Crippen LogP contribution in [-0.2, 0) is 0 Å². The predicted molar refractivity (Wildman–Crippen MR) is 83.1 cm³/mol. The molecule has 6 heteroatoms. The molecule has 0 aliphatic carbocycles. The molecule has 0 amide bonds. The molecule has 0 atom stereocenters. The van der Waals surface area contributed by atoms with E-state index in [1.165, 1.54) is 13.2 Å². The van der Waals surface area contributed by atoms with Crippen LogP contribution in [0.4, 0.5) is 4.39 Å². The van der Waals surface area contributed by atoms with E-state index in [9.17, 15) is 4.39 Å². The van der Waals surface area contributed by atoms with Crippen LogP contribution in [0.1, 0.15) is 5.56 Å². The molecular weight excluding hydrogens is 345 g/mol. The van der Waals surface area contributed by atoms with E-state index < -0.39 is 5.82 Å². The third-order valence-electron chi connectivity index (χ3n) is 2.60. The topological polar surface area (TPSA) is 44.5 Å². The maximum absolute atomic E-state index is 14.2. The van der Waals surface area contributed by atoms with Crippen LogP contribution < -0.4 is 15.2 Å². The number of nitrogens with two attached hydrogens (primary N) is 1. The molecule has 0 heterocycles. The summed E-state index contributed by atoms with van der Waals surface area (Å²) >= 11 is 7.97. The van der Waals surface area contributed by atoms with E-state index >= 15 is 0 Å². The third-order valence-corrected chi connectivity index (χ3v) is 3.60. The molecule has 0 aliphatic heterocycles. The molecule has 0 saturated heterocycles. The van der Waals surface area contributed by atoms with Crippen LogP contribution in [-0.4, -0.2) is 12.1 Å². The first-order valence-corrected chi connectivity index (χ1v) is 6.83. The molecule has 2 aromatic rings. The third kappa shape index (κ3) is 2.91. The van der Waals surface area contributed by atoms with Gasteiger partial charge < -0.3 is 15.2 Å². The van der Waals surface area contributed by atoms with Crippen molar-refractivity contribution in [1.29, 1.82) is 0 Å². The fraction of sp³-hybridized carbons (Fsp3) is 0.0714. The molecular formula is C14H11BrFNO2S. The minimum absolute atomic E-state index is 0.0568. The highest BCUT2D eigenvalue weighted by atomic mass is 79.9. The standard InChI is InChI=1S/C14H11BrFNO2S/c1-18-9-4-2-3-5-10(9)19-11-7-6-8(14(17)20)12(15)13(11)16/h2-7H,1H3,(H2,17,20). The van der Waals surface area contributed by atoms with Gasteiger partial charge in [-0.2, -0.15) is 0 Å².